The number of anilines is 1. The Hall–Kier alpha value is -1.91. The van der Waals surface area contributed by atoms with E-state index >= 15 is 0 Å². The fraction of sp³-hybridized carbons (Fsp3) is 0.429. The summed E-state index contributed by atoms with van der Waals surface area (Å²) in [5, 5.41) is 0.690. The van der Waals surface area contributed by atoms with E-state index in [2.05, 4.69) is 21.9 Å². The van der Waals surface area contributed by atoms with Crippen molar-refractivity contribution in [2.24, 2.45) is 0 Å². The van der Waals surface area contributed by atoms with Gasteiger partial charge in [-0.2, -0.15) is 0 Å². The van der Waals surface area contributed by atoms with Gasteiger partial charge in [-0.25, -0.2) is 0 Å². The Morgan fingerprint density at radius 2 is 1.77 bits per heavy atom. The molecular formula is C21H27ClN2O2. The molecule has 5 heteroatoms. The monoisotopic (exact) mass is 374 g/mol. The Bertz CT molecular complexity index is 695. The van der Waals surface area contributed by atoms with Crippen LogP contribution in [-0.2, 0) is 0 Å². The van der Waals surface area contributed by atoms with Crippen LogP contribution in [0.3, 0.4) is 0 Å². The molecule has 0 unspecified atom stereocenters. The van der Waals surface area contributed by atoms with Gasteiger partial charge < -0.3 is 14.4 Å². The van der Waals surface area contributed by atoms with Gasteiger partial charge in [0.05, 0.1) is 24.4 Å². The highest BCUT2D eigenvalue weighted by Gasteiger charge is 2.19. The molecule has 1 heterocycles. The SMILES string of the molecule is COc1ccccc1N1CCN(CCCOc2c(C)cccc2Cl)CC1. The molecular weight excluding hydrogens is 348 g/mol. The second-order valence-electron chi connectivity index (χ2n) is 6.59. The van der Waals surface area contributed by atoms with E-state index in [1.54, 1.807) is 7.11 Å². The zero-order valence-corrected chi connectivity index (χ0v) is 16.3. The van der Waals surface area contributed by atoms with E-state index in [0.717, 1.165) is 56.2 Å². The Morgan fingerprint density at radius 3 is 2.50 bits per heavy atom. The van der Waals surface area contributed by atoms with E-state index in [1.165, 1.54) is 5.69 Å². The molecule has 1 saturated heterocycles. The third-order valence-electron chi connectivity index (χ3n) is 4.83. The van der Waals surface area contributed by atoms with Crippen LogP contribution in [0.15, 0.2) is 42.5 Å². The summed E-state index contributed by atoms with van der Waals surface area (Å²) in [7, 11) is 1.73. The number of nitrogens with zero attached hydrogens (tertiary/aromatic N) is 2. The number of piperazine rings is 1. The van der Waals surface area contributed by atoms with Crippen molar-refractivity contribution < 1.29 is 9.47 Å². The molecule has 0 aromatic heterocycles. The minimum Gasteiger partial charge on any atom is -0.495 e. The van der Waals surface area contributed by atoms with Gasteiger partial charge in [-0.05, 0) is 37.1 Å². The molecule has 0 aliphatic carbocycles. The van der Waals surface area contributed by atoms with Crippen LogP contribution in [0.25, 0.3) is 0 Å². The lowest BCUT2D eigenvalue weighted by Gasteiger charge is -2.36. The molecule has 1 aliphatic heterocycles. The van der Waals surface area contributed by atoms with Crippen LogP contribution in [0, 0.1) is 6.92 Å². The molecule has 26 heavy (non-hydrogen) atoms. The van der Waals surface area contributed by atoms with Gasteiger partial charge >= 0.3 is 0 Å². The number of hydrogen-bond acceptors (Lipinski definition) is 4. The first-order valence-corrected chi connectivity index (χ1v) is 9.55. The standard InChI is InChI=1S/C21H27ClN2O2/c1-17-7-5-8-18(22)21(17)26-16-6-11-23-12-14-24(15-13-23)19-9-3-4-10-20(19)25-2/h3-5,7-10H,6,11-16H2,1-2H3. The summed E-state index contributed by atoms with van der Waals surface area (Å²) in [5.41, 5.74) is 2.27. The number of halogens is 1. The largest absolute Gasteiger partial charge is 0.495 e. The molecule has 3 rings (SSSR count). The van der Waals surface area contributed by atoms with Crippen LogP contribution in [0.5, 0.6) is 11.5 Å². The first kappa shape index (κ1) is 18.9. The molecule has 0 atom stereocenters. The summed E-state index contributed by atoms with van der Waals surface area (Å²) in [6, 6.07) is 14.1. The molecule has 0 N–H and O–H groups in total. The molecule has 1 aliphatic rings. The molecule has 2 aromatic carbocycles. The third kappa shape index (κ3) is 4.63. The lowest BCUT2D eigenvalue weighted by molar-refractivity contribution is 0.224. The molecule has 0 amide bonds. The normalized spacial score (nSPS) is 15.1. The number of hydrogen-bond donors (Lipinski definition) is 0. The van der Waals surface area contributed by atoms with Gasteiger partial charge in [0.2, 0.25) is 0 Å². The zero-order chi connectivity index (χ0) is 18.4. The summed E-state index contributed by atoms with van der Waals surface area (Å²) >= 11 is 6.20. The van der Waals surface area contributed by atoms with Gasteiger partial charge in [0.1, 0.15) is 11.5 Å². The lowest BCUT2D eigenvalue weighted by Crippen LogP contribution is -2.46. The first-order valence-electron chi connectivity index (χ1n) is 9.17. The van der Waals surface area contributed by atoms with E-state index in [4.69, 9.17) is 21.1 Å². The van der Waals surface area contributed by atoms with Gasteiger partial charge in [-0.3, -0.25) is 4.90 Å². The number of rotatable bonds is 7. The molecule has 4 nitrogen and oxygen atoms in total. The molecule has 2 aromatic rings. The predicted molar refractivity (Wildman–Crippen MR) is 108 cm³/mol. The predicted octanol–water partition coefficient (Wildman–Crippen LogP) is 4.25. The van der Waals surface area contributed by atoms with E-state index < -0.39 is 0 Å². The van der Waals surface area contributed by atoms with Crippen LogP contribution >= 0.6 is 11.6 Å². The highest BCUT2D eigenvalue weighted by Crippen LogP contribution is 2.29. The van der Waals surface area contributed by atoms with Gasteiger partial charge in [-0.1, -0.05) is 35.9 Å². The van der Waals surface area contributed by atoms with Crippen molar-refractivity contribution in [1.29, 1.82) is 0 Å². The molecule has 0 bridgehead atoms. The van der Waals surface area contributed by atoms with Crippen LogP contribution in [0.2, 0.25) is 5.02 Å². The van der Waals surface area contributed by atoms with Crippen molar-refractivity contribution in [3.8, 4) is 11.5 Å². The molecule has 1 fully saturated rings. The minimum absolute atomic E-state index is 0.690. The van der Waals surface area contributed by atoms with Gasteiger partial charge in [0.15, 0.2) is 0 Å². The maximum Gasteiger partial charge on any atom is 0.142 e. The zero-order valence-electron chi connectivity index (χ0n) is 15.6. The van der Waals surface area contributed by atoms with Crippen molar-refractivity contribution in [2.45, 2.75) is 13.3 Å². The topological polar surface area (TPSA) is 24.9 Å². The second-order valence-corrected chi connectivity index (χ2v) is 7.00. The van der Waals surface area contributed by atoms with Crippen LogP contribution in [-0.4, -0.2) is 51.3 Å². The summed E-state index contributed by atoms with van der Waals surface area (Å²) in [5.74, 6) is 1.76. The van der Waals surface area contributed by atoms with Crippen molar-refractivity contribution in [3.63, 3.8) is 0 Å². The van der Waals surface area contributed by atoms with Crippen molar-refractivity contribution >= 4 is 17.3 Å². The van der Waals surface area contributed by atoms with Crippen LogP contribution in [0.4, 0.5) is 5.69 Å². The number of benzene rings is 2. The van der Waals surface area contributed by atoms with Gasteiger partial charge in [-0.15, -0.1) is 0 Å². The quantitative estimate of drug-likeness (QED) is 0.676. The Balaban J connectivity index is 1.42. The van der Waals surface area contributed by atoms with Crippen molar-refractivity contribution in [1.82, 2.24) is 4.90 Å². The maximum atomic E-state index is 6.20. The third-order valence-corrected chi connectivity index (χ3v) is 5.12. The second kappa shape index (κ2) is 9.15. The van der Waals surface area contributed by atoms with E-state index in [-0.39, 0.29) is 0 Å². The summed E-state index contributed by atoms with van der Waals surface area (Å²) in [6.45, 7) is 7.92. The lowest BCUT2D eigenvalue weighted by atomic mass is 10.2. The summed E-state index contributed by atoms with van der Waals surface area (Å²) < 4.78 is 11.4. The Kier molecular flexibility index (Phi) is 6.64. The van der Waals surface area contributed by atoms with E-state index in [0.29, 0.717) is 11.6 Å². The highest BCUT2D eigenvalue weighted by atomic mass is 35.5. The highest BCUT2D eigenvalue weighted by molar-refractivity contribution is 6.32. The van der Waals surface area contributed by atoms with Crippen LogP contribution < -0.4 is 14.4 Å². The number of methoxy groups -OCH3 is 1. The number of aryl methyl sites for hydroxylation is 1. The summed E-state index contributed by atoms with van der Waals surface area (Å²) in [6.07, 6.45) is 0.999. The summed E-state index contributed by atoms with van der Waals surface area (Å²) in [4.78, 5) is 4.90. The van der Waals surface area contributed by atoms with Gasteiger partial charge in [0, 0.05) is 32.7 Å². The fourth-order valence-corrected chi connectivity index (χ4v) is 3.64. The average Bonchev–Trinajstić information content (AvgIpc) is 2.67. The number of ether oxygens (including phenoxy) is 2. The van der Waals surface area contributed by atoms with Crippen molar-refractivity contribution in [2.75, 3.05) is 51.3 Å². The smallest absolute Gasteiger partial charge is 0.142 e. The fourth-order valence-electron chi connectivity index (χ4n) is 3.37. The van der Waals surface area contributed by atoms with Crippen LogP contribution in [0.1, 0.15) is 12.0 Å². The first-order chi connectivity index (χ1) is 12.7. The molecule has 0 saturated carbocycles. The van der Waals surface area contributed by atoms with E-state index in [1.807, 2.05) is 37.3 Å². The van der Waals surface area contributed by atoms with E-state index in [9.17, 15) is 0 Å². The average molecular weight is 375 g/mol. The Morgan fingerprint density at radius 1 is 1.00 bits per heavy atom. The molecule has 140 valence electrons. The Labute approximate surface area is 161 Å². The molecule has 0 radical (unpaired) electrons. The van der Waals surface area contributed by atoms with Gasteiger partial charge in [0.25, 0.3) is 0 Å². The minimum atomic E-state index is 0.690. The molecule has 0 spiro atoms. The van der Waals surface area contributed by atoms with Crippen molar-refractivity contribution in [3.05, 3.63) is 53.1 Å². The number of para-hydroxylation sites is 3. The maximum absolute atomic E-state index is 6.20.